The summed E-state index contributed by atoms with van der Waals surface area (Å²) in [5, 5.41) is 15.3. The Balaban J connectivity index is 1.88. The summed E-state index contributed by atoms with van der Waals surface area (Å²) in [7, 11) is 0. The van der Waals surface area contributed by atoms with Crippen molar-refractivity contribution in [1.29, 1.82) is 0 Å². The van der Waals surface area contributed by atoms with Crippen LogP contribution in [0.2, 0.25) is 0 Å². The van der Waals surface area contributed by atoms with Gasteiger partial charge in [0.1, 0.15) is 0 Å². The maximum atomic E-state index is 4.08. The van der Waals surface area contributed by atoms with Crippen LogP contribution in [0.3, 0.4) is 0 Å². The van der Waals surface area contributed by atoms with E-state index in [-0.39, 0.29) is 5.54 Å². The molecule has 2 aromatic rings. The predicted octanol–water partition coefficient (Wildman–Crippen LogP) is 2.26. The Labute approximate surface area is 106 Å². The van der Waals surface area contributed by atoms with Crippen molar-refractivity contribution < 1.29 is 0 Å². The lowest BCUT2D eigenvalue weighted by Gasteiger charge is -2.26. The maximum absolute atomic E-state index is 4.08. The van der Waals surface area contributed by atoms with Crippen molar-refractivity contribution >= 4 is 5.95 Å². The molecule has 0 radical (unpaired) electrons. The summed E-state index contributed by atoms with van der Waals surface area (Å²) >= 11 is 0. The monoisotopic (exact) mass is 243 g/mol. The molecule has 1 aliphatic rings. The molecule has 1 heterocycles. The maximum Gasteiger partial charge on any atom is 0.248 e. The largest absolute Gasteiger partial charge is 0.348 e. The Bertz CT molecular complexity index is 527. The smallest absolute Gasteiger partial charge is 0.248 e. The van der Waals surface area contributed by atoms with Gasteiger partial charge < -0.3 is 5.32 Å². The van der Waals surface area contributed by atoms with Crippen LogP contribution in [0.5, 0.6) is 0 Å². The van der Waals surface area contributed by atoms with Gasteiger partial charge in [0.2, 0.25) is 5.95 Å². The molecule has 1 aromatic heterocycles. The molecule has 1 N–H and O–H groups in total. The lowest BCUT2D eigenvalue weighted by Crippen LogP contribution is -2.34. The van der Waals surface area contributed by atoms with Gasteiger partial charge in [-0.05, 0) is 55.2 Å². The summed E-state index contributed by atoms with van der Waals surface area (Å²) in [5.74, 6) is 1.43. The first-order valence-corrected chi connectivity index (χ1v) is 6.29. The van der Waals surface area contributed by atoms with Gasteiger partial charge in [-0.3, -0.25) is 0 Å². The van der Waals surface area contributed by atoms with Gasteiger partial charge in [0.25, 0.3) is 0 Å². The highest BCUT2D eigenvalue weighted by Gasteiger charge is 2.38. The van der Waals surface area contributed by atoms with Gasteiger partial charge in [0, 0.05) is 5.54 Å². The van der Waals surface area contributed by atoms with Crippen molar-refractivity contribution in [2.45, 2.75) is 32.2 Å². The molecule has 3 rings (SSSR count). The number of tetrazole rings is 1. The van der Waals surface area contributed by atoms with Crippen LogP contribution < -0.4 is 5.32 Å². The predicted molar refractivity (Wildman–Crippen MR) is 69.6 cm³/mol. The molecule has 18 heavy (non-hydrogen) atoms. The summed E-state index contributed by atoms with van der Waals surface area (Å²) in [6.07, 6.45) is 2.57. The summed E-state index contributed by atoms with van der Waals surface area (Å²) < 4.78 is 1.74. The molecule has 0 aliphatic heterocycles. The van der Waals surface area contributed by atoms with E-state index in [0.717, 1.165) is 11.6 Å². The third-order valence-electron chi connectivity index (χ3n) is 3.50. The lowest BCUT2D eigenvalue weighted by atomic mass is 9.99. The molecular weight excluding hydrogens is 226 g/mol. The minimum absolute atomic E-state index is 0.0429. The fourth-order valence-corrected chi connectivity index (χ4v) is 2.20. The fourth-order valence-electron chi connectivity index (χ4n) is 2.20. The molecule has 5 heteroatoms. The van der Waals surface area contributed by atoms with E-state index >= 15 is 0 Å². The molecule has 1 aliphatic carbocycles. The van der Waals surface area contributed by atoms with E-state index in [0.29, 0.717) is 5.95 Å². The topological polar surface area (TPSA) is 55.6 Å². The van der Waals surface area contributed by atoms with Crippen LogP contribution in [0, 0.1) is 5.92 Å². The number of para-hydroxylation sites is 1. The lowest BCUT2D eigenvalue weighted by molar-refractivity contribution is 0.488. The highest BCUT2D eigenvalue weighted by atomic mass is 15.6. The number of benzene rings is 1. The van der Waals surface area contributed by atoms with E-state index in [2.05, 4.69) is 34.7 Å². The molecule has 94 valence electrons. The van der Waals surface area contributed by atoms with Crippen LogP contribution in [-0.2, 0) is 0 Å². The van der Waals surface area contributed by atoms with E-state index in [1.807, 2.05) is 30.3 Å². The summed E-state index contributed by atoms with van der Waals surface area (Å²) in [5.41, 5.74) is 1.01. The second-order valence-electron chi connectivity index (χ2n) is 5.37. The first kappa shape index (κ1) is 11.2. The zero-order valence-electron chi connectivity index (χ0n) is 10.7. The molecule has 0 spiro atoms. The Morgan fingerprint density at radius 1 is 1.22 bits per heavy atom. The van der Waals surface area contributed by atoms with Crippen LogP contribution in [0.1, 0.15) is 26.7 Å². The van der Waals surface area contributed by atoms with Crippen molar-refractivity contribution in [3.05, 3.63) is 30.3 Å². The van der Waals surface area contributed by atoms with E-state index in [9.17, 15) is 0 Å². The van der Waals surface area contributed by atoms with Crippen molar-refractivity contribution in [3.63, 3.8) is 0 Å². The average Bonchev–Trinajstić information content (AvgIpc) is 3.13. The normalized spacial score (nSPS) is 15.7. The molecule has 0 atom stereocenters. The molecule has 1 fully saturated rings. The number of anilines is 1. The van der Waals surface area contributed by atoms with Crippen LogP contribution in [0.15, 0.2) is 30.3 Å². The Kier molecular flexibility index (Phi) is 2.54. The van der Waals surface area contributed by atoms with Gasteiger partial charge in [0.15, 0.2) is 0 Å². The van der Waals surface area contributed by atoms with E-state index in [1.54, 1.807) is 4.68 Å². The van der Waals surface area contributed by atoms with Gasteiger partial charge >= 0.3 is 0 Å². The van der Waals surface area contributed by atoms with E-state index < -0.39 is 0 Å². The second-order valence-corrected chi connectivity index (χ2v) is 5.37. The number of hydrogen-bond donors (Lipinski definition) is 1. The van der Waals surface area contributed by atoms with Gasteiger partial charge in [-0.1, -0.05) is 23.3 Å². The molecule has 1 saturated carbocycles. The quantitative estimate of drug-likeness (QED) is 0.895. The number of hydrogen-bond acceptors (Lipinski definition) is 4. The van der Waals surface area contributed by atoms with Gasteiger partial charge in [-0.15, -0.1) is 0 Å². The third-order valence-corrected chi connectivity index (χ3v) is 3.50. The highest BCUT2D eigenvalue weighted by molar-refractivity contribution is 5.40. The van der Waals surface area contributed by atoms with Crippen LogP contribution in [-0.4, -0.2) is 25.7 Å². The Morgan fingerprint density at radius 2 is 1.94 bits per heavy atom. The van der Waals surface area contributed by atoms with Gasteiger partial charge in [-0.25, -0.2) is 0 Å². The van der Waals surface area contributed by atoms with Crippen LogP contribution in [0.4, 0.5) is 5.95 Å². The van der Waals surface area contributed by atoms with Crippen molar-refractivity contribution in [3.8, 4) is 5.69 Å². The molecular formula is C13H17N5. The van der Waals surface area contributed by atoms with E-state index in [1.165, 1.54) is 12.8 Å². The summed E-state index contributed by atoms with van der Waals surface area (Å²) in [6, 6.07) is 9.92. The van der Waals surface area contributed by atoms with Crippen LogP contribution in [0.25, 0.3) is 5.69 Å². The SMILES string of the molecule is CC(C)(Nc1nnnn1-c1ccccc1)C1CC1. The zero-order valence-corrected chi connectivity index (χ0v) is 10.7. The molecule has 1 aromatic carbocycles. The molecule has 0 bridgehead atoms. The second kappa shape index (κ2) is 4.08. The molecule has 0 amide bonds. The standard InChI is InChI=1S/C13H17N5/c1-13(2,10-8-9-10)14-12-15-16-17-18(12)11-6-4-3-5-7-11/h3-7,10H,8-9H2,1-2H3,(H,14,15,17). The van der Waals surface area contributed by atoms with Crippen molar-refractivity contribution in [1.82, 2.24) is 20.2 Å². The minimum atomic E-state index is 0.0429. The zero-order chi connectivity index (χ0) is 12.6. The summed E-state index contributed by atoms with van der Waals surface area (Å²) in [6.45, 7) is 4.41. The first-order valence-electron chi connectivity index (χ1n) is 6.29. The van der Waals surface area contributed by atoms with Crippen molar-refractivity contribution in [2.24, 2.45) is 5.92 Å². The molecule has 5 nitrogen and oxygen atoms in total. The third kappa shape index (κ3) is 2.08. The molecule has 0 unspecified atom stereocenters. The number of nitrogens with zero attached hydrogens (tertiary/aromatic N) is 4. The minimum Gasteiger partial charge on any atom is -0.348 e. The number of nitrogens with one attached hydrogen (secondary N) is 1. The number of rotatable bonds is 4. The fraction of sp³-hybridized carbons (Fsp3) is 0.462. The van der Waals surface area contributed by atoms with E-state index in [4.69, 9.17) is 0 Å². The Morgan fingerprint density at radius 3 is 2.61 bits per heavy atom. The van der Waals surface area contributed by atoms with Crippen molar-refractivity contribution in [2.75, 3.05) is 5.32 Å². The van der Waals surface area contributed by atoms with Gasteiger partial charge in [0.05, 0.1) is 5.69 Å². The Hall–Kier alpha value is -1.91. The average molecular weight is 243 g/mol. The first-order chi connectivity index (χ1) is 8.67. The molecule has 0 saturated heterocycles. The highest BCUT2D eigenvalue weighted by Crippen LogP contribution is 2.40. The van der Waals surface area contributed by atoms with Gasteiger partial charge in [-0.2, -0.15) is 4.68 Å². The number of aromatic nitrogens is 4. The van der Waals surface area contributed by atoms with Crippen LogP contribution >= 0.6 is 0 Å². The summed E-state index contributed by atoms with van der Waals surface area (Å²) in [4.78, 5) is 0.